The molecule has 3 aromatic rings. The number of pyridine rings is 2. The van der Waals surface area contributed by atoms with Gasteiger partial charge in [0.05, 0.1) is 16.2 Å². The third-order valence-electron chi connectivity index (χ3n) is 4.61. The van der Waals surface area contributed by atoms with E-state index in [2.05, 4.69) is 25.5 Å². The number of halogens is 3. The van der Waals surface area contributed by atoms with E-state index in [-0.39, 0.29) is 39.5 Å². The second-order valence-corrected chi connectivity index (χ2v) is 10.7. The van der Waals surface area contributed by atoms with Crippen molar-refractivity contribution in [2.45, 2.75) is 44.4 Å². The van der Waals surface area contributed by atoms with Crippen LogP contribution < -0.4 is 5.32 Å². The lowest BCUT2D eigenvalue weighted by atomic mass is 10.2. The second kappa shape index (κ2) is 9.24. The highest BCUT2D eigenvalue weighted by Crippen LogP contribution is 2.32. The lowest BCUT2D eigenvalue weighted by molar-refractivity contribution is -0.137. The lowest BCUT2D eigenvalue weighted by Crippen LogP contribution is -2.27. The van der Waals surface area contributed by atoms with E-state index in [1.807, 2.05) is 0 Å². The second-order valence-electron chi connectivity index (χ2n) is 8.41. The maximum atomic E-state index is 13.1. The highest BCUT2D eigenvalue weighted by molar-refractivity contribution is 7.91. The molecule has 0 spiro atoms. The number of rotatable bonds is 5. The van der Waals surface area contributed by atoms with Crippen molar-refractivity contribution >= 4 is 21.7 Å². The number of hydrogen-bond donors (Lipinski definition) is 1. The average Bonchev–Trinajstić information content (AvgIpc) is 3.13. The summed E-state index contributed by atoms with van der Waals surface area (Å²) in [4.78, 5) is 20.1. The largest absolute Gasteiger partial charge is 0.444 e. The van der Waals surface area contributed by atoms with Crippen LogP contribution in [0.1, 0.15) is 33.3 Å². The van der Waals surface area contributed by atoms with E-state index in [1.54, 1.807) is 20.8 Å². The molecule has 0 unspecified atom stereocenters. The Balaban J connectivity index is 2.11. The standard InChI is InChI=1S/C21H23F3N6O4S/c1-6-35(32,33)14-7-8-15(27-19(31)34-20(2,3)4)26-16(14)18-29-28-17(30(18)5)13-11-12(9-10-25-13)21(22,23)24/h7-11H,6H2,1-5H3,(H,26,27,31). The monoisotopic (exact) mass is 512 g/mol. The number of ether oxygens (including phenoxy) is 1. The Morgan fingerprint density at radius 2 is 1.77 bits per heavy atom. The average molecular weight is 513 g/mol. The summed E-state index contributed by atoms with van der Waals surface area (Å²) < 4.78 is 71.3. The molecule has 1 N–H and O–H groups in total. The fourth-order valence-electron chi connectivity index (χ4n) is 2.98. The summed E-state index contributed by atoms with van der Waals surface area (Å²) in [7, 11) is -2.37. The Hall–Kier alpha value is -3.55. The smallest absolute Gasteiger partial charge is 0.416 e. The number of nitrogens with zero attached hydrogens (tertiary/aromatic N) is 5. The van der Waals surface area contributed by atoms with Gasteiger partial charge in [-0.15, -0.1) is 10.2 Å². The van der Waals surface area contributed by atoms with Crippen molar-refractivity contribution in [3.05, 3.63) is 36.0 Å². The van der Waals surface area contributed by atoms with Gasteiger partial charge in [0.2, 0.25) is 0 Å². The Bertz CT molecular complexity index is 1360. The van der Waals surface area contributed by atoms with Crippen LogP contribution in [0.3, 0.4) is 0 Å². The van der Waals surface area contributed by atoms with Gasteiger partial charge in [-0.05, 0) is 45.0 Å². The minimum Gasteiger partial charge on any atom is -0.444 e. The molecule has 0 aliphatic heterocycles. The minimum atomic E-state index is -4.59. The number of anilines is 1. The molecular weight excluding hydrogens is 489 g/mol. The Morgan fingerprint density at radius 3 is 2.37 bits per heavy atom. The first kappa shape index (κ1) is 26.1. The summed E-state index contributed by atoms with van der Waals surface area (Å²) in [6.07, 6.45) is -4.41. The molecule has 188 valence electrons. The zero-order chi connectivity index (χ0) is 26.2. The quantitative estimate of drug-likeness (QED) is 0.541. The molecule has 0 fully saturated rings. The van der Waals surface area contributed by atoms with Gasteiger partial charge in [0, 0.05) is 13.2 Å². The van der Waals surface area contributed by atoms with Gasteiger partial charge in [-0.3, -0.25) is 10.3 Å². The molecular formula is C21H23F3N6O4S. The number of carbonyl (C=O) groups excluding carboxylic acids is 1. The number of carbonyl (C=O) groups is 1. The van der Waals surface area contributed by atoms with Crippen molar-refractivity contribution in [3.63, 3.8) is 0 Å². The van der Waals surface area contributed by atoms with Crippen LogP contribution in [-0.2, 0) is 27.8 Å². The molecule has 10 nitrogen and oxygen atoms in total. The van der Waals surface area contributed by atoms with E-state index >= 15 is 0 Å². The molecule has 35 heavy (non-hydrogen) atoms. The molecule has 0 saturated carbocycles. The maximum Gasteiger partial charge on any atom is 0.416 e. The van der Waals surface area contributed by atoms with Gasteiger partial charge in [-0.25, -0.2) is 18.2 Å². The van der Waals surface area contributed by atoms with Gasteiger partial charge in [-0.1, -0.05) is 6.92 Å². The van der Waals surface area contributed by atoms with Crippen LogP contribution >= 0.6 is 0 Å². The molecule has 0 aromatic carbocycles. The summed E-state index contributed by atoms with van der Waals surface area (Å²) in [6.45, 7) is 6.46. The Labute approximate surface area is 199 Å². The van der Waals surface area contributed by atoms with E-state index in [0.29, 0.717) is 0 Å². The lowest BCUT2D eigenvalue weighted by Gasteiger charge is -2.19. The minimum absolute atomic E-state index is 0.0222. The summed E-state index contributed by atoms with van der Waals surface area (Å²) >= 11 is 0. The number of nitrogens with one attached hydrogen (secondary N) is 1. The molecule has 0 saturated heterocycles. The molecule has 0 aliphatic rings. The summed E-state index contributed by atoms with van der Waals surface area (Å²) in [5.74, 6) is -0.371. The SMILES string of the molecule is CCS(=O)(=O)c1ccc(NC(=O)OC(C)(C)C)nc1-c1nnc(-c2cc(C(F)(F)F)ccn2)n1C. The van der Waals surface area contributed by atoms with E-state index in [0.717, 1.165) is 18.3 Å². The van der Waals surface area contributed by atoms with Crippen molar-refractivity contribution in [3.8, 4) is 23.0 Å². The molecule has 0 bridgehead atoms. The van der Waals surface area contributed by atoms with Gasteiger partial charge in [-0.2, -0.15) is 13.2 Å². The van der Waals surface area contributed by atoms with E-state index < -0.39 is 33.3 Å². The summed E-state index contributed by atoms with van der Waals surface area (Å²) in [6, 6.07) is 4.18. The van der Waals surface area contributed by atoms with Crippen molar-refractivity contribution in [2.75, 3.05) is 11.1 Å². The zero-order valence-electron chi connectivity index (χ0n) is 19.5. The normalized spacial score (nSPS) is 12.5. The Kier molecular flexibility index (Phi) is 6.88. The van der Waals surface area contributed by atoms with Crippen molar-refractivity contribution in [1.82, 2.24) is 24.7 Å². The molecule has 0 aliphatic carbocycles. The van der Waals surface area contributed by atoms with Crippen molar-refractivity contribution in [2.24, 2.45) is 7.05 Å². The summed E-state index contributed by atoms with van der Waals surface area (Å²) in [5, 5.41) is 10.3. The van der Waals surface area contributed by atoms with E-state index in [1.165, 1.54) is 30.7 Å². The third kappa shape index (κ3) is 5.93. The first-order valence-corrected chi connectivity index (χ1v) is 11.9. The molecule has 3 aromatic heterocycles. The van der Waals surface area contributed by atoms with Gasteiger partial charge >= 0.3 is 12.3 Å². The fraction of sp³-hybridized carbons (Fsp3) is 0.381. The van der Waals surface area contributed by atoms with Crippen molar-refractivity contribution in [1.29, 1.82) is 0 Å². The molecule has 1 amide bonds. The number of sulfone groups is 1. The summed E-state index contributed by atoms with van der Waals surface area (Å²) in [5.41, 5.74) is -1.98. The number of hydrogen-bond acceptors (Lipinski definition) is 8. The zero-order valence-corrected chi connectivity index (χ0v) is 20.3. The first-order chi connectivity index (χ1) is 16.1. The van der Waals surface area contributed by atoms with Crippen LogP contribution in [0.2, 0.25) is 0 Å². The van der Waals surface area contributed by atoms with Gasteiger partial charge in [0.25, 0.3) is 0 Å². The van der Waals surface area contributed by atoms with E-state index in [4.69, 9.17) is 4.74 Å². The van der Waals surface area contributed by atoms with Crippen LogP contribution in [-0.4, -0.2) is 50.6 Å². The maximum absolute atomic E-state index is 13.1. The molecule has 14 heteroatoms. The molecule has 0 radical (unpaired) electrons. The van der Waals surface area contributed by atoms with Gasteiger partial charge in [0.15, 0.2) is 21.5 Å². The number of alkyl halides is 3. The molecule has 3 rings (SSSR count). The molecule has 0 atom stereocenters. The highest BCUT2D eigenvalue weighted by atomic mass is 32.2. The first-order valence-electron chi connectivity index (χ1n) is 10.3. The van der Waals surface area contributed by atoms with Crippen LogP contribution in [0.4, 0.5) is 23.8 Å². The Morgan fingerprint density at radius 1 is 1.11 bits per heavy atom. The highest BCUT2D eigenvalue weighted by Gasteiger charge is 2.32. The van der Waals surface area contributed by atoms with Crippen molar-refractivity contribution < 1.29 is 31.1 Å². The van der Waals surface area contributed by atoms with Gasteiger partial charge in [0.1, 0.15) is 22.8 Å². The van der Waals surface area contributed by atoms with E-state index in [9.17, 15) is 26.4 Å². The van der Waals surface area contributed by atoms with Gasteiger partial charge < -0.3 is 9.30 Å². The topological polar surface area (TPSA) is 129 Å². The molecule has 3 heterocycles. The van der Waals surface area contributed by atoms with Crippen LogP contribution in [0.5, 0.6) is 0 Å². The predicted molar refractivity (Wildman–Crippen MR) is 120 cm³/mol. The number of aromatic nitrogens is 5. The van der Waals surface area contributed by atoms with Crippen LogP contribution in [0.15, 0.2) is 35.4 Å². The third-order valence-corrected chi connectivity index (χ3v) is 6.36. The van der Waals surface area contributed by atoms with Crippen LogP contribution in [0.25, 0.3) is 23.0 Å². The van der Waals surface area contributed by atoms with Crippen LogP contribution in [0, 0.1) is 0 Å². The fourth-order valence-corrected chi connectivity index (χ4v) is 4.00. The number of amides is 1. The predicted octanol–water partition coefficient (Wildman–Crippen LogP) is 4.10.